The summed E-state index contributed by atoms with van der Waals surface area (Å²) >= 11 is 0. The zero-order valence-corrected chi connectivity index (χ0v) is 17.9. The van der Waals surface area contributed by atoms with E-state index in [2.05, 4.69) is 24.5 Å². The molecule has 0 saturated carbocycles. The minimum absolute atomic E-state index is 0.00790. The SMILES string of the molecule is C=C(OC)/C(F)=C(/F)C(=C)C(C)CCC(C)/C=C/c1ccc(O)c(F)c1F.C=CC. The van der Waals surface area contributed by atoms with Crippen molar-refractivity contribution in [1.29, 1.82) is 0 Å². The van der Waals surface area contributed by atoms with Crippen molar-refractivity contribution >= 4 is 6.08 Å². The molecule has 2 nitrogen and oxygen atoms in total. The maximum atomic E-state index is 14.0. The first-order chi connectivity index (χ1) is 14.0. The largest absolute Gasteiger partial charge is 0.505 e. The van der Waals surface area contributed by atoms with Gasteiger partial charge in [0.05, 0.1) is 7.11 Å². The Bertz CT molecular complexity index is 810. The zero-order chi connectivity index (χ0) is 23.4. The zero-order valence-electron chi connectivity index (χ0n) is 17.9. The Balaban J connectivity index is 0.00000263. The highest BCUT2D eigenvalue weighted by molar-refractivity contribution is 5.52. The number of benzene rings is 1. The van der Waals surface area contributed by atoms with E-state index in [9.17, 15) is 17.6 Å². The lowest BCUT2D eigenvalue weighted by atomic mass is 9.91. The molecule has 0 spiro atoms. The van der Waals surface area contributed by atoms with Crippen molar-refractivity contribution in [2.24, 2.45) is 11.8 Å². The number of hydrogen-bond acceptors (Lipinski definition) is 2. The van der Waals surface area contributed by atoms with Crippen LogP contribution in [0, 0.1) is 23.5 Å². The van der Waals surface area contributed by atoms with E-state index in [-0.39, 0.29) is 23.0 Å². The summed E-state index contributed by atoms with van der Waals surface area (Å²) in [5.41, 5.74) is 0.0252. The summed E-state index contributed by atoms with van der Waals surface area (Å²) in [5.74, 6) is -6.19. The lowest BCUT2D eigenvalue weighted by molar-refractivity contribution is 0.280. The fraction of sp³-hybridized carbons (Fsp3) is 0.333. The topological polar surface area (TPSA) is 29.5 Å². The van der Waals surface area contributed by atoms with E-state index in [0.717, 1.165) is 6.07 Å². The Morgan fingerprint density at radius 1 is 1.10 bits per heavy atom. The fourth-order valence-corrected chi connectivity index (χ4v) is 2.30. The summed E-state index contributed by atoms with van der Waals surface area (Å²) in [6.07, 6.45) is 5.96. The highest BCUT2D eigenvalue weighted by Gasteiger charge is 2.19. The molecule has 0 aliphatic carbocycles. The Morgan fingerprint density at radius 2 is 1.67 bits per heavy atom. The van der Waals surface area contributed by atoms with Gasteiger partial charge in [0.25, 0.3) is 0 Å². The van der Waals surface area contributed by atoms with E-state index in [1.807, 2.05) is 13.8 Å². The number of allylic oxidation sites excluding steroid dienone is 5. The van der Waals surface area contributed by atoms with Crippen LogP contribution < -0.4 is 0 Å². The van der Waals surface area contributed by atoms with Crippen molar-refractivity contribution in [2.45, 2.75) is 33.6 Å². The van der Waals surface area contributed by atoms with Crippen LogP contribution >= 0.6 is 0 Å². The average molecular weight is 426 g/mol. The molecule has 1 N–H and O–H groups in total. The standard InChI is InChI=1S/C21H24F4O2.C3H6/c1-12(7-9-16-10-11-17(26)21(25)20(16)24)6-8-13(2)14(3)18(22)19(23)15(4)27-5;1-3-2/h7,9-13,26H,3-4,6,8H2,1-2,5H3;3H,1H2,2H3/b9-7+,19-18-;. The molecule has 1 aromatic carbocycles. The van der Waals surface area contributed by atoms with Gasteiger partial charge in [-0.05, 0) is 49.3 Å². The summed E-state index contributed by atoms with van der Waals surface area (Å²) in [5, 5.41) is 9.11. The molecule has 0 aromatic heterocycles. The Hall–Kier alpha value is -2.76. The molecule has 0 fully saturated rings. The van der Waals surface area contributed by atoms with E-state index in [1.165, 1.54) is 19.3 Å². The molecule has 166 valence electrons. The number of methoxy groups -OCH3 is 1. The minimum Gasteiger partial charge on any atom is -0.505 e. The number of ether oxygens (including phenoxy) is 1. The van der Waals surface area contributed by atoms with E-state index < -0.39 is 34.8 Å². The number of aromatic hydroxyl groups is 1. The molecule has 0 saturated heterocycles. The molecule has 0 aliphatic heterocycles. The third kappa shape index (κ3) is 8.31. The summed E-state index contributed by atoms with van der Waals surface area (Å²) in [4.78, 5) is 0. The van der Waals surface area contributed by atoms with Crippen LogP contribution in [0.5, 0.6) is 5.75 Å². The Labute approximate surface area is 176 Å². The van der Waals surface area contributed by atoms with Crippen LogP contribution in [0.15, 0.2) is 67.0 Å². The van der Waals surface area contributed by atoms with Crippen LogP contribution in [0.3, 0.4) is 0 Å². The van der Waals surface area contributed by atoms with Gasteiger partial charge in [0.2, 0.25) is 5.82 Å². The van der Waals surface area contributed by atoms with Gasteiger partial charge < -0.3 is 9.84 Å². The Morgan fingerprint density at radius 3 is 2.20 bits per heavy atom. The highest BCUT2D eigenvalue weighted by atomic mass is 19.2. The lowest BCUT2D eigenvalue weighted by Gasteiger charge is -2.16. The van der Waals surface area contributed by atoms with Crippen LogP contribution in [-0.4, -0.2) is 12.2 Å². The fourth-order valence-electron chi connectivity index (χ4n) is 2.30. The number of rotatable bonds is 9. The van der Waals surface area contributed by atoms with Gasteiger partial charge in [0.1, 0.15) is 5.76 Å². The van der Waals surface area contributed by atoms with Crippen LogP contribution in [0.25, 0.3) is 6.08 Å². The number of halogens is 4. The third-order valence-electron chi connectivity index (χ3n) is 4.31. The van der Waals surface area contributed by atoms with Gasteiger partial charge in [0, 0.05) is 5.56 Å². The molecule has 2 unspecified atom stereocenters. The molecule has 0 radical (unpaired) electrons. The summed E-state index contributed by atoms with van der Waals surface area (Å²) in [7, 11) is 1.19. The molecule has 30 heavy (non-hydrogen) atoms. The summed E-state index contributed by atoms with van der Waals surface area (Å²) in [6, 6.07) is 2.35. The van der Waals surface area contributed by atoms with Crippen molar-refractivity contribution in [1.82, 2.24) is 0 Å². The smallest absolute Gasteiger partial charge is 0.200 e. The van der Waals surface area contributed by atoms with Crippen molar-refractivity contribution in [3.05, 3.63) is 84.2 Å². The van der Waals surface area contributed by atoms with Gasteiger partial charge in [-0.25, -0.2) is 8.78 Å². The van der Waals surface area contributed by atoms with Crippen molar-refractivity contribution in [3.63, 3.8) is 0 Å². The molecule has 0 amide bonds. The van der Waals surface area contributed by atoms with Crippen LogP contribution in [0.2, 0.25) is 0 Å². The maximum Gasteiger partial charge on any atom is 0.200 e. The molecule has 0 bridgehead atoms. The first-order valence-corrected chi connectivity index (χ1v) is 9.41. The normalized spacial score (nSPS) is 13.6. The molecule has 0 heterocycles. The second kappa shape index (κ2) is 13.5. The van der Waals surface area contributed by atoms with Gasteiger partial charge in [0.15, 0.2) is 23.2 Å². The molecule has 1 rings (SSSR count). The summed E-state index contributed by atoms with van der Waals surface area (Å²) in [6.45, 7) is 15.7. The second-order valence-electron chi connectivity index (χ2n) is 6.81. The number of phenolic OH excluding ortho intramolecular Hbond substituents is 1. The quantitative estimate of drug-likeness (QED) is 0.189. The third-order valence-corrected chi connectivity index (χ3v) is 4.31. The molecular weight excluding hydrogens is 396 g/mol. The van der Waals surface area contributed by atoms with E-state index in [1.54, 1.807) is 19.1 Å². The summed E-state index contributed by atoms with van der Waals surface area (Å²) < 4.78 is 59.4. The van der Waals surface area contributed by atoms with Crippen LogP contribution in [0.1, 0.15) is 39.2 Å². The van der Waals surface area contributed by atoms with Gasteiger partial charge in [-0.15, -0.1) is 6.58 Å². The molecule has 1 aromatic rings. The van der Waals surface area contributed by atoms with Gasteiger partial charge >= 0.3 is 0 Å². The molecular formula is C24H30F4O2. The second-order valence-corrected chi connectivity index (χ2v) is 6.81. The van der Waals surface area contributed by atoms with Crippen molar-refractivity contribution in [2.75, 3.05) is 7.11 Å². The molecule has 2 atom stereocenters. The van der Waals surface area contributed by atoms with Gasteiger partial charge in [-0.1, -0.05) is 45.2 Å². The van der Waals surface area contributed by atoms with E-state index >= 15 is 0 Å². The van der Waals surface area contributed by atoms with E-state index in [4.69, 9.17) is 5.11 Å². The predicted molar refractivity (Wildman–Crippen MR) is 115 cm³/mol. The maximum absolute atomic E-state index is 14.0. The first-order valence-electron chi connectivity index (χ1n) is 9.41. The number of hydrogen-bond donors (Lipinski definition) is 1. The first kappa shape index (κ1) is 27.2. The Kier molecular flexibility index (Phi) is 12.2. The minimum atomic E-state index is -1.29. The molecule has 6 heteroatoms. The predicted octanol–water partition coefficient (Wildman–Crippen LogP) is 7.80. The average Bonchev–Trinajstić information content (AvgIpc) is 2.73. The molecule has 0 aliphatic rings. The van der Waals surface area contributed by atoms with E-state index in [0.29, 0.717) is 12.8 Å². The van der Waals surface area contributed by atoms with Crippen molar-refractivity contribution < 1.29 is 27.4 Å². The van der Waals surface area contributed by atoms with Gasteiger partial charge in [-0.3, -0.25) is 0 Å². The lowest BCUT2D eigenvalue weighted by Crippen LogP contribution is -2.04. The highest BCUT2D eigenvalue weighted by Crippen LogP contribution is 2.30. The van der Waals surface area contributed by atoms with Crippen LogP contribution in [0.4, 0.5) is 17.6 Å². The van der Waals surface area contributed by atoms with Crippen molar-refractivity contribution in [3.8, 4) is 5.75 Å². The van der Waals surface area contributed by atoms with Gasteiger partial charge in [-0.2, -0.15) is 8.78 Å². The monoisotopic (exact) mass is 426 g/mol. The number of phenols is 1. The van der Waals surface area contributed by atoms with Crippen LogP contribution in [-0.2, 0) is 4.74 Å².